The van der Waals surface area contributed by atoms with Gasteiger partial charge in [-0.25, -0.2) is 4.98 Å². The number of pyridine rings is 1. The summed E-state index contributed by atoms with van der Waals surface area (Å²) in [5.74, 6) is 2.84. The van der Waals surface area contributed by atoms with E-state index in [1.807, 2.05) is 42.8 Å². The van der Waals surface area contributed by atoms with Gasteiger partial charge in [0.05, 0.1) is 6.54 Å². The molecule has 1 aromatic heterocycles. The molecule has 1 saturated heterocycles. The van der Waals surface area contributed by atoms with Crippen LogP contribution in [0.25, 0.3) is 5.57 Å². The SMILES string of the molecule is CC(=O)NCC1CCN(CC2Cc3ccc(Oc4ccc(C5=CC=NC5)cn4)cc3O2)CC1. The zero-order valence-electron chi connectivity index (χ0n) is 19.0. The first-order valence-corrected chi connectivity index (χ1v) is 11.7. The molecule has 0 saturated carbocycles. The number of likely N-dealkylation sites (tertiary alicyclic amines) is 1. The Morgan fingerprint density at radius 1 is 1.24 bits per heavy atom. The molecule has 3 aliphatic rings. The zero-order chi connectivity index (χ0) is 22.6. The predicted molar refractivity (Wildman–Crippen MR) is 128 cm³/mol. The van der Waals surface area contributed by atoms with Crippen molar-refractivity contribution in [1.82, 2.24) is 15.2 Å². The quantitative estimate of drug-likeness (QED) is 0.705. The second kappa shape index (κ2) is 9.75. The third-order valence-corrected chi connectivity index (χ3v) is 6.56. The summed E-state index contributed by atoms with van der Waals surface area (Å²) in [6.45, 7) is 6.12. The van der Waals surface area contributed by atoms with E-state index in [-0.39, 0.29) is 12.0 Å². The Kier molecular flexibility index (Phi) is 6.39. The van der Waals surface area contributed by atoms with E-state index in [0.29, 0.717) is 18.3 Å². The molecule has 4 heterocycles. The highest BCUT2D eigenvalue weighted by Crippen LogP contribution is 2.34. The molecule has 1 atom stereocenters. The van der Waals surface area contributed by atoms with Crippen molar-refractivity contribution in [2.45, 2.75) is 32.3 Å². The fraction of sp³-hybridized carbons (Fsp3) is 0.423. The average Bonchev–Trinajstić information content (AvgIpc) is 3.49. The van der Waals surface area contributed by atoms with Gasteiger partial charge in [0.15, 0.2) is 0 Å². The topological polar surface area (TPSA) is 76.1 Å². The maximum Gasteiger partial charge on any atom is 0.219 e. The summed E-state index contributed by atoms with van der Waals surface area (Å²) >= 11 is 0. The zero-order valence-corrected chi connectivity index (χ0v) is 19.0. The summed E-state index contributed by atoms with van der Waals surface area (Å²) < 4.78 is 12.2. The number of aromatic nitrogens is 1. The number of hydrogen-bond donors (Lipinski definition) is 1. The highest BCUT2D eigenvalue weighted by molar-refractivity contribution is 5.89. The molecule has 0 radical (unpaired) electrons. The molecule has 2 aromatic rings. The van der Waals surface area contributed by atoms with E-state index in [0.717, 1.165) is 62.5 Å². The minimum absolute atomic E-state index is 0.0579. The van der Waals surface area contributed by atoms with E-state index in [4.69, 9.17) is 9.47 Å². The van der Waals surface area contributed by atoms with Crippen LogP contribution in [-0.2, 0) is 11.2 Å². The van der Waals surface area contributed by atoms with Gasteiger partial charge in [0.25, 0.3) is 0 Å². The van der Waals surface area contributed by atoms with Gasteiger partial charge in [0.2, 0.25) is 11.8 Å². The molecule has 7 heteroatoms. The van der Waals surface area contributed by atoms with Crippen LogP contribution in [0.5, 0.6) is 17.4 Å². The van der Waals surface area contributed by atoms with Gasteiger partial charge in [-0.05, 0) is 66.8 Å². The maximum atomic E-state index is 11.1. The Hall–Kier alpha value is -3.19. The van der Waals surface area contributed by atoms with Crippen LogP contribution in [0.4, 0.5) is 0 Å². The van der Waals surface area contributed by atoms with Crippen molar-refractivity contribution < 1.29 is 14.3 Å². The van der Waals surface area contributed by atoms with Crippen molar-refractivity contribution in [3.05, 3.63) is 53.7 Å². The molecule has 0 spiro atoms. The molecule has 1 aromatic carbocycles. The van der Waals surface area contributed by atoms with E-state index in [9.17, 15) is 4.79 Å². The van der Waals surface area contributed by atoms with Crippen molar-refractivity contribution >= 4 is 17.7 Å². The molecule has 5 rings (SSSR count). The number of aliphatic imine (C=N–C) groups is 1. The van der Waals surface area contributed by atoms with E-state index in [2.05, 4.69) is 26.3 Å². The first-order valence-electron chi connectivity index (χ1n) is 11.7. The van der Waals surface area contributed by atoms with Crippen LogP contribution in [0.2, 0.25) is 0 Å². The second-order valence-electron chi connectivity index (χ2n) is 9.06. The number of carbonyl (C=O) groups excluding carboxylic acids is 1. The third kappa shape index (κ3) is 5.42. The lowest BCUT2D eigenvalue weighted by molar-refractivity contribution is -0.119. The molecule has 1 unspecified atom stereocenters. The van der Waals surface area contributed by atoms with Crippen LogP contribution >= 0.6 is 0 Å². The summed E-state index contributed by atoms with van der Waals surface area (Å²) in [7, 11) is 0. The fourth-order valence-corrected chi connectivity index (χ4v) is 4.68. The molecule has 1 N–H and O–H groups in total. The molecule has 172 valence electrons. The molecule has 0 bridgehead atoms. The van der Waals surface area contributed by atoms with Crippen molar-refractivity contribution in [1.29, 1.82) is 0 Å². The van der Waals surface area contributed by atoms with Gasteiger partial charge in [-0.2, -0.15) is 0 Å². The maximum absolute atomic E-state index is 11.1. The molecule has 33 heavy (non-hydrogen) atoms. The molecule has 0 aliphatic carbocycles. The van der Waals surface area contributed by atoms with E-state index in [1.165, 1.54) is 11.1 Å². The smallest absolute Gasteiger partial charge is 0.219 e. The molecule has 3 aliphatic heterocycles. The number of ether oxygens (including phenoxy) is 2. The monoisotopic (exact) mass is 446 g/mol. The fourth-order valence-electron chi connectivity index (χ4n) is 4.68. The number of carbonyl (C=O) groups is 1. The van der Waals surface area contributed by atoms with Gasteiger partial charge in [0, 0.05) is 51.0 Å². The Labute approximate surface area is 194 Å². The Morgan fingerprint density at radius 2 is 2.12 bits per heavy atom. The Morgan fingerprint density at radius 3 is 2.85 bits per heavy atom. The van der Waals surface area contributed by atoms with Crippen LogP contribution in [0.15, 0.2) is 47.6 Å². The molecular weight excluding hydrogens is 416 g/mol. The number of piperidine rings is 1. The van der Waals surface area contributed by atoms with Crippen LogP contribution in [0.1, 0.15) is 30.9 Å². The predicted octanol–water partition coefficient (Wildman–Crippen LogP) is 3.49. The van der Waals surface area contributed by atoms with Gasteiger partial charge < -0.3 is 14.8 Å². The van der Waals surface area contributed by atoms with Crippen LogP contribution < -0.4 is 14.8 Å². The minimum atomic E-state index is 0.0579. The van der Waals surface area contributed by atoms with E-state index >= 15 is 0 Å². The number of nitrogens with one attached hydrogen (secondary N) is 1. The van der Waals surface area contributed by atoms with Crippen molar-refractivity contribution in [3.8, 4) is 17.4 Å². The average molecular weight is 447 g/mol. The number of nitrogens with zero attached hydrogens (tertiary/aromatic N) is 3. The van der Waals surface area contributed by atoms with Gasteiger partial charge >= 0.3 is 0 Å². The van der Waals surface area contributed by atoms with Gasteiger partial charge in [-0.3, -0.25) is 14.7 Å². The van der Waals surface area contributed by atoms with Crippen molar-refractivity contribution in [2.75, 3.05) is 32.7 Å². The lowest BCUT2D eigenvalue weighted by Gasteiger charge is -2.33. The lowest BCUT2D eigenvalue weighted by atomic mass is 9.96. The number of benzene rings is 1. The molecule has 1 fully saturated rings. The first-order chi connectivity index (χ1) is 16.1. The van der Waals surface area contributed by atoms with Crippen molar-refractivity contribution in [2.24, 2.45) is 10.9 Å². The summed E-state index contributed by atoms with van der Waals surface area (Å²) in [5.41, 5.74) is 3.46. The number of amides is 1. The largest absolute Gasteiger partial charge is 0.488 e. The minimum Gasteiger partial charge on any atom is -0.488 e. The summed E-state index contributed by atoms with van der Waals surface area (Å²) in [6.07, 6.45) is 9.00. The van der Waals surface area contributed by atoms with Crippen molar-refractivity contribution in [3.63, 3.8) is 0 Å². The summed E-state index contributed by atoms with van der Waals surface area (Å²) in [6, 6.07) is 9.96. The van der Waals surface area contributed by atoms with Gasteiger partial charge in [-0.1, -0.05) is 6.07 Å². The summed E-state index contributed by atoms with van der Waals surface area (Å²) in [5, 5.41) is 2.95. The van der Waals surface area contributed by atoms with Crippen LogP contribution in [-0.4, -0.2) is 60.8 Å². The van der Waals surface area contributed by atoms with Crippen LogP contribution in [0.3, 0.4) is 0 Å². The Balaban J connectivity index is 1.12. The third-order valence-electron chi connectivity index (χ3n) is 6.56. The van der Waals surface area contributed by atoms with E-state index in [1.54, 1.807) is 6.92 Å². The first kappa shape index (κ1) is 21.6. The highest BCUT2D eigenvalue weighted by Gasteiger charge is 2.27. The lowest BCUT2D eigenvalue weighted by Crippen LogP contribution is -2.42. The standard InChI is InChI=1S/C26H30N4O3/c1-18(31)28-14-19-7-10-30(11-8-19)17-24-12-20-2-4-23(13-25(20)32-24)33-26-5-3-21(16-29-26)22-6-9-27-15-22/h2-6,9,13,16,19,24H,7-8,10-12,14-15,17H2,1H3,(H,28,31). The van der Waals surface area contributed by atoms with Gasteiger partial charge in [0.1, 0.15) is 17.6 Å². The van der Waals surface area contributed by atoms with E-state index < -0.39 is 0 Å². The molecular formula is C26H30N4O3. The number of fused-ring (bicyclic) bond motifs is 1. The molecule has 7 nitrogen and oxygen atoms in total. The Bertz CT molecular complexity index is 1060. The second-order valence-corrected chi connectivity index (χ2v) is 9.06. The van der Waals surface area contributed by atoms with Crippen LogP contribution in [0, 0.1) is 5.92 Å². The highest BCUT2D eigenvalue weighted by atomic mass is 16.5. The molecule has 1 amide bonds. The number of rotatable bonds is 7. The van der Waals surface area contributed by atoms with Gasteiger partial charge in [-0.15, -0.1) is 0 Å². The number of allylic oxidation sites excluding steroid dienone is 1. The number of hydrogen-bond acceptors (Lipinski definition) is 6. The summed E-state index contributed by atoms with van der Waals surface area (Å²) in [4.78, 5) is 22.3. The normalized spacial score (nSPS) is 20.3.